The molecule has 0 aliphatic carbocycles. The van der Waals surface area contributed by atoms with Crippen LogP contribution in [0, 0.1) is 0 Å². The van der Waals surface area contributed by atoms with Crippen molar-refractivity contribution in [1.29, 1.82) is 0 Å². The molecule has 3 rings (SSSR count). The van der Waals surface area contributed by atoms with Crippen LogP contribution < -0.4 is 5.32 Å². The first kappa shape index (κ1) is 11.1. The summed E-state index contributed by atoms with van der Waals surface area (Å²) in [6.07, 6.45) is 1.49. The van der Waals surface area contributed by atoms with Gasteiger partial charge in [0.1, 0.15) is 11.1 Å². The fourth-order valence-corrected chi connectivity index (χ4v) is 3.12. The molecule has 0 radical (unpaired) electrons. The Hall–Kier alpha value is -0.970. The van der Waals surface area contributed by atoms with E-state index in [0.29, 0.717) is 6.10 Å². The Kier molecular flexibility index (Phi) is 3.09. The number of ether oxygens (including phenoxy) is 1. The van der Waals surface area contributed by atoms with Crippen molar-refractivity contribution in [3.63, 3.8) is 0 Å². The average molecular weight is 248 g/mol. The summed E-state index contributed by atoms with van der Waals surface area (Å²) in [6, 6.07) is 8.26. The Morgan fingerprint density at radius 2 is 2.29 bits per heavy atom. The van der Waals surface area contributed by atoms with E-state index < -0.39 is 0 Å². The van der Waals surface area contributed by atoms with Gasteiger partial charge in [0.2, 0.25) is 0 Å². The summed E-state index contributed by atoms with van der Waals surface area (Å²) >= 11 is 1.74. The minimum Gasteiger partial charge on any atom is -0.365 e. The molecule has 2 unspecified atom stereocenters. The molecule has 1 fully saturated rings. The zero-order valence-electron chi connectivity index (χ0n) is 9.85. The second kappa shape index (κ2) is 4.72. The first-order chi connectivity index (χ1) is 8.36. The Labute approximate surface area is 105 Å². The van der Waals surface area contributed by atoms with Gasteiger partial charge in [-0.1, -0.05) is 19.1 Å². The maximum atomic E-state index is 6.04. The van der Waals surface area contributed by atoms with E-state index in [1.807, 2.05) is 6.07 Å². The lowest BCUT2D eigenvalue weighted by Crippen LogP contribution is -2.40. The summed E-state index contributed by atoms with van der Waals surface area (Å²) in [7, 11) is 0. The van der Waals surface area contributed by atoms with E-state index in [-0.39, 0.29) is 6.10 Å². The Balaban J connectivity index is 1.87. The van der Waals surface area contributed by atoms with Crippen LogP contribution in [0.2, 0.25) is 0 Å². The van der Waals surface area contributed by atoms with Gasteiger partial charge in [-0.25, -0.2) is 4.98 Å². The van der Waals surface area contributed by atoms with E-state index in [4.69, 9.17) is 4.74 Å². The predicted octanol–water partition coefficient (Wildman–Crippen LogP) is 2.74. The minimum atomic E-state index is 0.117. The molecule has 1 aromatic carbocycles. The third kappa shape index (κ3) is 2.20. The summed E-state index contributed by atoms with van der Waals surface area (Å²) < 4.78 is 7.28. The van der Waals surface area contributed by atoms with Crippen molar-refractivity contribution in [2.75, 3.05) is 13.1 Å². The summed E-state index contributed by atoms with van der Waals surface area (Å²) in [5.41, 5.74) is 1.08. The Morgan fingerprint density at radius 3 is 3.12 bits per heavy atom. The number of fused-ring (bicyclic) bond motifs is 1. The number of morpholine rings is 1. The number of hydrogen-bond acceptors (Lipinski definition) is 4. The van der Waals surface area contributed by atoms with Crippen molar-refractivity contribution in [3.8, 4) is 0 Å². The van der Waals surface area contributed by atoms with Gasteiger partial charge in [0.05, 0.1) is 16.3 Å². The Bertz CT molecular complexity index is 478. The van der Waals surface area contributed by atoms with E-state index in [9.17, 15) is 0 Å². The molecule has 90 valence electrons. The molecule has 1 N–H and O–H groups in total. The van der Waals surface area contributed by atoms with Crippen LogP contribution in [0.1, 0.15) is 24.5 Å². The minimum absolute atomic E-state index is 0.117. The monoisotopic (exact) mass is 248 g/mol. The predicted molar refractivity (Wildman–Crippen MR) is 70.4 cm³/mol. The molecular formula is C13H16N2OS. The number of nitrogens with zero attached hydrogens (tertiary/aromatic N) is 1. The van der Waals surface area contributed by atoms with Crippen molar-refractivity contribution in [2.24, 2.45) is 0 Å². The fourth-order valence-electron chi connectivity index (χ4n) is 2.12. The number of hydrogen-bond donors (Lipinski definition) is 1. The van der Waals surface area contributed by atoms with Gasteiger partial charge in [-0.3, -0.25) is 0 Å². The van der Waals surface area contributed by atoms with Crippen molar-refractivity contribution >= 4 is 21.6 Å². The molecule has 4 heteroatoms. The van der Waals surface area contributed by atoms with Crippen LogP contribution >= 0.6 is 11.3 Å². The van der Waals surface area contributed by atoms with E-state index >= 15 is 0 Å². The second-order valence-electron chi connectivity index (χ2n) is 4.33. The second-order valence-corrected chi connectivity index (χ2v) is 5.40. The first-order valence-corrected chi connectivity index (χ1v) is 6.90. The van der Waals surface area contributed by atoms with Crippen LogP contribution in [-0.2, 0) is 4.74 Å². The molecule has 2 aromatic rings. The highest BCUT2D eigenvalue weighted by Crippen LogP contribution is 2.30. The van der Waals surface area contributed by atoms with Crippen LogP contribution in [0.4, 0.5) is 0 Å². The average Bonchev–Trinajstić information content (AvgIpc) is 2.82. The summed E-state index contributed by atoms with van der Waals surface area (Å²) in [5.74, 6) is 0. The smallest absolute Gasteiger partial charge is 0.124 e. The first-order valence-electron chi connectivity index (χ1n) is 6.08. The van der Waals surface area contributed by atoms with Gasteiger partial charge in [0.15, 0.2) is 0 Å². The summed E-state index contributed by atoms with van der Waals surface area (Å²) in [6.45, 7) is 3.99. The number of benzene rings is 1. The van der Waals surface area contributed by atoms with Gasteiger partial charge in [-0.05, 0) is 18.6 Å². The van der Waals surface area contributed by atoms with Gasteiger partial charge in [-0.15, -0.1) is 11.3 Å². The maximum absolute atomic E-state index is 6.04. The molecule has 1 aliphatic rings. The topological polar surface area (TPSA) is 34.2 Å². The molecule has 2 heterocycles. The van der Waals surface area contributed by atoms with Crippen molar-refractivity contribution in [1.82, 2.24) is 10.3 Å². The molecule has 1 aliphatic heterocycles. The van der Waals surface area contributed by atoms with Crippen molar-refractivity contribution in [3.05, 3.63) is 29.3 Å². The van der Waals surface area contributed by atoms with E-state index in [0.717, 1.165) is 30.0 Å². The van der Waals surface area contributed by atoms with Crippen LogP contribution in [0.15, 0.2) is 24.3 Å². The third-order valence-electron chi connectivity index (χ3n) is 3.10. The SMILES string of the molecule is CCC1CNCC(c2nc3ccccc3s2)O1. The lowest BCUT2D eigenvalue weighted by molar-refractivity contribution is -0.0399. The van der Waals surface area contributed by atoms with Gasteiger partial charge in [0, 0.05) is 13.1 Å². The number of aromatic nitrogens is 1. The number of nitrogens with one attached hydrogen (secondary N) is 1. The van der Waals surface area contributed by atoms with Crippen LogP contribution in [0.5, 0.6) is 0 Å². The molecule has 0 spiro atoms. The maximum Gasteiger partial charge on any atom is 0.124 e. The molecule has 0 bridgehead atoms. The molecule has 0 saturated carbocycles. The lowest BCUT2D eigenvalue weighted by Gasteiger charge is -2.28. The van der Waals surface area contributed by atoms with Gasteiger partial charge in [-0.2, -0.15) is 0 Å². The van der Waals surface area contributed by atoms with Crippen LogP contribution in [0.3, 0.4) is 0 Å². The van der Waals surface area contributed by atoms with Crippen molar-refractivity contribution < 1.29 is 4.74 Å². The van der Waals surface area contributed by atoms with Gasteiger partial charge in [0.25, 0.3) is 0 Å². The Morgan fingerprint density at radius 1 is 1.41 bits per heavy atom. The summed E-state index contributed by atoms with van der Waals surface area (Å²) in [4.78, 5) is 4.66. The molecule has 1 aromatic heterocycles. The summed E-state index contributed by atoms with van der Waals surface area (Å²) in [5, 5.41) is 4.51. The fraction of sp³-hybridized carbons (Fsp3) is 0.462. The lowest BCUT2D eigenvalue weighted by atomic mass is 10.2. The van der Waals surface area contributed by atoms with Crippen molar-refractivity contribution in [2.45, 2.75) is 25.6 Å². The molecule has 1 saturated heterocycles. The quantitative estimate of drug-likeness (QED) is 0.887. The van der Waals surface area contributed by atoms with E-state index in [1.54, 1.807) is 11.3 Å². The normalized spacial score (nSPS) is 25.2. The van der Waals surface area contributed by atoms with Gasteiger partial charge < -0.3 is 10.1 Å². The molecule has 2 atom stereocenters. The molecular weight excluding hydrogens is 232 g/mol. The number of rotatable bonds is 2. The zero-order valence-corrected chi connectivity index (χ0v) is 10.7. The number of thiazole rings is 1. The van der Waals surface area contributed by atoms with E-state index in [2.05, 4.69) is 35.4 Å². The highest BCUT2D eigenvalue weighted by atomic mass is 32.1. The highest BCUT2D eigenvalue weighted by molar-refractivity contribution is 7.18. The van der Waals surface area contributed by atoms with E-state index in [1.165, 1.54) is 4.70 Å². The zero-order chi connectivity index (χ0) is 11.7. The van der Waals surface area contributed by atoms with Gasteiger partial charge >= 0.3 is 0 Å². The van der Waals surface area contributed by atoms with Crippen LogP contribution in [0.25, 0.3) is 10.2 Å². The molecule has 0 amide bonds. The molecule has 17 heavy (non-hydrogen) atoms. The third-order valence-corrected chi connectivity index (χ3v) is 4.23. The highest BCUT2D eigenvalue weighted by Gasteiger charge is 2.24. The standard InChI is InChI=1S/C13H16N2OS/c1-2-9-7-14-8-11(16-9)13-15-10-5-3-4-6-12(10)17-13/h3-6,9,11,14H,2,7-8H2,1H3. The van der Waals surface area contributed by atoms with Crippen LogP contribution in [-0.4, -0.2) is 24.2 Å². The molecule has 3 nitrogen and oxygen atoms in total. The number of para-hydroxylation sites is 1. The largest absolute Gasteiger partial charge is 0.365 e.